The Morgan fingerprint density at radius 2 is 2.12 bits per heavy atom. The first-order valence-corrected chi connectivity index (χ1v) is 4.63. The van der Waals surface area contributed by atoms with E-state index in [2.05, 4.69) is 10.6 Å². The Labute approximate surface area is 92.4 Å². The summed E-state index contributed by atoms with van der Waals surface area (Å²) in [7, 11) is 0. The van der Waals surface area contributed by atoms with E-state index in [-0.39, 0.29) is 12.2 Å². The van der Waals surface area contributed by atoms with Gasteiger partial charge in [0, 0.05) is 5.69 Å². The van der Waals surface area contributed by atoms with E-state index in [1.807, 2.05) is 0 Å². The molecule has 1 aromatic carbocycles. The minimum absolute atomic E-state index is 0.0398. The van der Waals surface area contributed by atoms with E-state index >= 15 is 0 Å². The third-order valence-electron chi connectivity index (χ3n) is 1.98. The van der Waals surface area contributed by atoms with E-state index in [0.29, 0.717) is 11.3 Å². The van der Waals surface area contributed by atoms with Gasteiger partial charge < -0.3 is 21.5 Å². The Morgan fingerprint density at radius 3 is 2.62 bits per heavy atom. The first-order valence-electron chi connectivity index (χ1n) is 4.63. The van der Waals surface area contributed by atoms with Crippen LogP contribution in [0.1, 0.15) is 15.9 Å². The molecule has 86 valence electrons. The minimum Gasteiger partial charge on any atom is -0.478 e. The van der Waals surface area contributed by atoms with Crippen molar-refractivity contribution in [2.45, 2.75) is 6.92 Å². The highest BCUT2D eigenvalue weighted by molar-refractivity contribution is 5.92. The van der Waals surface area contributed by atoms with E-state index in [4.69, 9.17) is 10.8 Å². The van der Waals surface area contributed by atoms with Gasteiger partial charge in [-0.15, -0.1) is 0 Å². The topological polar surface area (TPSA) is 104 Å². The summed E-state index contributed by atoms with van der Waals surface area (Å²) in [5.41, 5.74) is 6.54. The first kappa shape index (κ1) is 12.0. The van der Waals surface area contributed by atoms with Gasteiger partial charge >= 0.3 is 12.0 Å². The Hall–Kier alpha value is -2.08. The summed E-state index contributed by atoms with van der Waals surface area (Å²) in [6.45, 7) is 1.75. The number of anilines is 1. The molecule has 1 rings (SSSR count). The van der Waals surface area contributed by atoms with Crippen LogP contribution in [-0.2, 0) is 0 Å². The molecule has 0 heterocycles. The molecule has 2 amide bonds. The summed E-state index contributed by atoms with van der Waals surface area (Å²) in [4.78, 5) is 21.8. The summed E-state index contributed by atoms with van der Waals surface area (Å²) < 4.78 is 0. The van der Waals surface area contributed by atoms with Crippen LogP contribution >= 0.6 is 0 Å². The van der Waals surface area contributed by atoms with E-state index in [0.717, 1.165) is 0 Å². The Bertz CT molecular complexity index is 418. The van der Waals surface area contributed by atoms with E-state index in [1.165, 1.54) is 18.2 Å². The van der Waals surface area contributed by atoms with Crippen LogP contribution in [0, 0.1) is 6.92 Å². The lowest BCUT2D eigenvalue weighted by Gasteiger charge is -2.09. The number of hydrogen-bond acceptors (Lipinski definition) is 3. The first-order chi connectivity index (χ1) is 7.54. The molecular formula is C10H13N3O3. The molecule has 1 aromatic rings. The molecule has 0 bridgehead atoms. The lowest BCUT2D eigenvalue weighted by Crippen LogP contribution is -2.33. The molecule has 16 heavy (non-hydrogen) atoms. The van der Waals surface area contributed by atoms with Crippen molar-refractivity contribution < 1.29 is 14.7 Å². The van der Waals surface area contributed by atoms with Crippen LogP contribution in [0.4, 0.5) is 10.5 Å². The van der Waals surface area contributed by atoms with Crippen molar-refractivity contribution in [1.29, 1.82) is 0 Å². The van der Waals surface area contributed by atoms with Gasteiger partial charge in [-0.25, -0.2) is 9.59 Å². The fraction of sp³-hybridized carbons (Fsp3) is 0.200. The zero-order valence-electron chi connectivity index (χ0n) is 8.78. The van der Waals surface area contributed by atoms with Crippen LogP contribution in [0.5, 0.6) is 0 Å². The smallest absolute Gasteiger partial charge is 0.335 e. The summed E-state index contributed by atoms with van der Waals surface area (Å²) in [5.74, 6) is -0.999. The van der Waals surface area contributed by atoms with Crippen molar-refractivity contribution in [3.05, 3.63) is 29.3 Å². The number of nitrogens with two attached hydrogens (primary N) is 1. The van der Waals surface area contributed by atoms with Gasteiger partial charge in [-0.2, -0.15) is 0 Å². The number of benzene rings is 1. The molecule has 0 atom stereocenters. The molecule has 5 N–H and O–H groups in total. The average molecular weight is 223 g/mol. The normalized spacial score (nSPS) is 9.62. The van der Waals surface area contributed by atoms with Gasteiger partial charge in [-0.1, -0.05) is 0 Å². The van der Waals surface area contributed by atoms with Gasteiger partial charge in [0.15, 0.2) is 0 Å². The lowest BCUT2D eigenvalue weighted by molar-refractivity contribution is 0.0697. The van der Waals surface area contributed by atoms with Gasteiger partial charge in [0.25, 0.3) is 0 Å². The number of hydrogen-bond donors (Lipinski definition) is 4. The number of carboxylic acid groups (broad SMARTS) is 1. The van der Waals surface area contributed by atoms with Crippen LogP contribution in [0.25, 0.3) is 0 Å². The molecule has 0 aromatic heterocycles. The molecule has 0 fully saturated rings. The average Bonchev–Trinajstić information content (AvgIpc) is 2.21. The standard InChI is InChI=1S/C10H13N3O3/c1-6-4-7(9(14)15)2-3-8(6)13-10(16)12-5-11/h2-4H,5,11H2,1H3,(H,14,15)(H2,12,13,16). The molecule has 6 nitrogen and oxygen atoms in total. The molecule has 0 saturated heterocycles. The molecular weight excluding hydrogens is 210 g/mol. The van der Waals surface area contributed by atoms with E-state index in [1.54, 1.807) is 6.92 Å². The number of carbonyl (C=O) groups is 2. The molecule has 0 aliphatic carbocycles. The third kappa shape index (κ3) is 2.96. The van der Waals surface area contributed by atoms with Gasteiger partial charge in [0.1, 0.15) is 0 Å². The SMILES string of the molecule is Cc1cc(C(=O)O)ccc1NC(=O)NCN. The van der Waals surface area contributed by atoms with E-state index < -0.39 is 12.0 Å². The molecule has 6 heteroatoms. The molecule has 0 aliphatic heterocycles. The van der Waals surface area contributed by atoms with Crippen LogP contribution in [-0.4, -0.2) is 23.8 Å². The number of aromatic carboxylic acids is 1. The molecule has 0 aliphatic rings. The third-order valence-corrected chi connectivity index (χ3v) is 1.98. The molecule has 0 spiro atoms. The second kappa shape index (κ2) is 5.13. The Kier molecular flexibility index (Phi) is 3.84. The number of carboxylic acids is 1. The van der Waals surface area contributed by atoms with Gasteiger partial charge in [-0.3, -0.25) is 0 Å². The number of nitrogens with one attached hydrogen (secondary N) is 2. The van der Waals surface area contributed by atoms with Crippen molar-refractivity contribution >= 4 is 17.7 Å². The Morgan fingerprint density at radius 1 is 1.44 bits per heavy atom. The number of aryl methyl sites for hydroxylation is 1. The quantitative estimate of drug-likeness (QED) is 0.567. The fourth-order valence-electron chi connectivity index (χ4n) is 1.20. The fourth-order valence-corrected chi connectivity index (χ4v) is 1.20. The lowest BCUT2D eigenvalue weighted by atomic mass is 10.1. The number of carbonyl (C=O) groups excluding carboxylic acids is 1. The predicted octanol–water partition coefficient (Wildman–Crippen LogP) is 0.731. The van der Waals surface area contributed by atoms with Crippen LogP contribution in [0.15, 0.2) is 18.2 Å². The molecule has 0 radical (unpaired) electrons. The van der Waals surface area contributed by atoms with Gasteiger partial charge in [-0.05, 0) is 30.7 Å². The van der Waals surface area contributed by atoms with Crippen LogP contribution in [0.3, 0.4) is 0 Å². The van der Waals surface area contributed by atoms with E-state index in [9.17, 15) is 9.59 Å². The summed E-state index contributed by atoms with van der Waals surface area (Å²) in [6.07, 6.45) is 0. The monoisotopic (exact) mass is 223 g/mol. The highest BCUT2D eigenvalue weighted by Gasteiger charge is 2.07. The summed E-state index contributed by atoms with van der Waals surface area (Å²) in [5, 5.41) is 13.7. The van der Waals surface area contributed by atoms with Crippen LogP contribution in [0.2, 0.25) is 0 Å². The summed E-state index contributed by atoms with van der Waals surface area (Å²) >= 11 is 0. The van der Waals surface area contributed by atoms with Crippen molar-refractivity contribution in [3.8, 4) is 0 Å². The number of urea groups is 1. The van der Waals surface area contributed by atoms with Crippen molar-refractivity contribution in [2.75, 3.05) is 12.0 Å². The molecule has 0 unspecified atom stereocenters. The zero-order valence-corrected chi connectivity index (χ0v) is 8.78. The maximum atomic E-state index is 11.2. The zero-order chi connectivity index (χ0) is 12.1. The number of amides is 2. The second-order valence-electron chi connectivity index (χ2n) is 3.17. The van der Waals surface area contributed by atoms with Crippen molar-refractivity contribution in [3.63, 3.8) is 0 Å². The minimum atomic E-state index is -0.999. The van der Waals surface area contributed by atoms with Crippen molar-refractivity contribution in [2.24, 2.45) is 5.73 Å². The second-order valence-corrected chi connectivity index (χ2v) is 3.17. The van der Waals surface area contributed by atoms with Gasteiger partial charge in [0.05, 0.1) is 12.2 Å². The predicted molar refractivity (Wildman–Crippen MR) is 59.3 cm³/mol. The Balaban J connectivity index is 2.83. The number of rotatable bonds is 3. The van der Waals surface area contributed by atoms with Crippen LogP contribution < -0.4 is 16.4 Å². The van der Waals surface area contributed by atoms with Crippen molar-refractivity contribution in [1.82, 2.24) is 5.32 Å². The maximum absolute atomic E-state index is 11.2. The largest absolute Gasteiger partial charge is 0.478 e. The maximum Gasteiger partial charge on any atom is 0.335 e. The molecule has 0 saturated carbocycles. The highest BCUT2D eigenvalue weighted by atomic mass is 16.4. The summed E-state index contributed by atoms with van der Waals surface area (Å²) in [6, 6.07) is 4.02. The highest BCUT2D eigenvalue weighted by Crippen LogP contribution is 2.16. The van der Waals surface area contributed by atoms with Gasteiger partial charge in [0.2, 0.25) is 0 Å².